The molecular formula is C22H14Cl2O4Zn. The van der Waals surface area contributed by atoms with Gasteiger partial charge in [0.05, 0.1) is 11.1 Å². The Labute approximate surface area is 189 Å². The Bertz CT molecular complexity index is 1110. The van der Waals surface area contributed by atoms with Crippen LogP contribution in [0, 0.1) is 0 Å². The first-order valence-electron chi connectivity index (χ1n) is 8.20. The monoisotopic (exact) mass is 476 g/mol. The van der Waals surface area contributed by atoms with Crippen LogP contribution in [-0.2, 0) is 19.5 Å². The molecule has 4 aromatic carbocycles. The summed E-state index contributed by atoms with van der Waals surface area (Å²) in [4.78, 5) is 21.8. The van der Waals surface area contributed by atoms with Crippen molar-refractivity contribution in [3.63, 3.8) is 0 Å². The van der Waals surface area contributed by atoms with E-state index in [0.717, 1.165) is 10.8 Å². The molecule has 0 aliphatic carbocycles. The number of rotatable bonds is 2. The molecular weight excluding hydrogens is 465 g/mol. The zero-order chi connectivity index (χ0) is 20.3. The third kappa shape index (κ3) is 5.33. The first-order valence-corrected chi connectivity index (χ1v) is 8.95. The van der Waals surface area contributed by atoms with Gasteiger partial charge < -0.3 is 10.2 Å². The molecule has 4 rings (SSSR count). The molecule has 0 saturated heterocycles. The fourth-order valence-electron chi connectivity index (χ4n) is 2.86. The van der Waals surface area contributed by atoms with Gasteiger partial charge in [0.1, 0.15) is 0 Å². The molecule has 0 radical (unpaired) electrons. The first-order chi connectivity index (χ1) is 13.4. The van der Waals surface area contributed by atoms with Gasteiger partial charge in [-0.2, -0.15) is 0 Å². The molecule has 0 aromatic heterocycles. The van der Waals surface area contributed by atoms with Crippen molar-refractivity contribution in [2.45, 2.75) is 0 Å². The molecule has 0 bridgehead atoms. The van der Waals surface area contributed by atoms with E-state index >= 15 is 0 Å². The molecule has 4 aromatic rings. The summed E-state index contributed by atoms with van der Waals surface area (Å²) in [6.45, 7) is 0. The van der Waals surface area contributed by atoms with E-state index in [-0.39, 0.29) is 30.6 Å². The van der Waals surface area contributed by atoms with Gasteiger partial charge in [-0.3, -0.25) is 0 Å². The summed E-state index contributed by atoms with van der Waals surface area (Å²) in [6.07, 6.45) is 0. The maximum absolute atomic E-state index is 10.9. The molecule has 4 nitrogen and oxygen atoms in total. The summed E-state index contributed by atoms with van der Waals surface area (Å²) in [7, 11) is 0. The van der Waals surface area contributed by atoms with Crippen LogP contribution in [0.15, 0.2) is 72.8 Å². The Hall–Kier alpha value is -2.46. The molecule has 0 saturated carbocycles. The van der Waals surface area contributed by atoms with E-state index in [1.54, 1.807) is 48.5 Å². The van der Waals surface area contributed by atoms with E-state index in [1.165, 1.54) is 0 Å². The van der Waals surface area contributed by atoms with Crippen molar-refractivity contribution in [2.75, 3.05) is 0 Å². The van der Waals surface area contributed by atoms with Gasteiger partial charge in [-0.25, -0.2) is 9.59 Å². The van der Waals surface area contributed by atoms with Crippen molar-refractivity contribution in [3.8, 4) is 0 Å². The normalized spacial score (nSPS) is 10.0. The molecule has 0 fully saturated rings. The van der Waals surface area contributed by atoms with Gasteiger partial charge in [0.25, 0.3) is 0 Å². The minimum atomic E-state index is -0.933. The van der Waals surface area contributed by atoms with Crippen molar-refractivity contribution >= 4 is 56.7 Å². The summed E-state index contributed by atoms with van der Waals surface area (Å²) in [5.41, 5.74) is 0.565. The SMILES string of the molecule is O=C(O)c1cccc2ccc(Cl)cc12.O=C(O)c1cccc2ccc(Cl)cc12.[Zn]. The van der Waals surface area contributed by atoms with E-state index in [2.05, 4.69) is 0 Å². The van der Waals surface area contributed by atoms with E-state index in [1.807, 2.05) is 24.3 Å². The summed E-state index contributed by atoms with van der Waals surface area (Å²) >= 11 is 11.6. The number of carbonyl (C=O) groups is 2. The molecule has 142 valence electrons. The standard InChI is InChI=1S/2C11H7ClO2.Zn/c2*12-8-5-4-7-2-1-3-9(11(13)14)10(7)6-8;/h2*1-6H,(H,13,14);. The second kappa shape index (κ2) is 9.84. The van der Waals surface area contributed by atoms with Crippen molar-refractivity contribution < 1.29 is 39.3 Å². The largest absolute Gasteiger partial charge is 0.478 e. The maximum Gasteiger partial charge on any atom is 0.336 e. The van der Waals surface area contributed by atoms with Crippen LogP contribution in [-0.4, -0.2) is 22.2 Å². The van der Waals surface area contributed by atoms with Crippen LogP contribution in [0.4, 0.5) is 0 Å². The third-order valence-electron chi connectivity index (χ3n) is 4.15. The van der Waals surface area contributed by atoms with Gasteiger partial charge in [-0.05, 0) is 57.9 Å². The van der Waals surface area contributed by atoms with Crippen LogP contribution >= 0.6 is 23.2 Å². The van der Waals surface area contributed by atoms with Crippen molar-refractivity contribution in [3.05, 3.63) is 94.0 Å². The number of halogens is 2. The molecule has 0 spiro atoms. The summed E-state index contributed by atoms with van der Waals surface area (Å²) in [5.74, 6) is -1.87. The Morgan fingerprint density at radius 1 is 0.621 bits per heavy atom. The van der Waals surface area contributed by atoms with E-state index in [4.69, 9.17) is 33.4 Å². The average molecular weight is 479 g/mol. The molecule has 0 aliphatic rings. The van der Waals surface area contributed by atoms with Gasteiger partial charge in [0, 0.05) is 29.5 Å². The Balaban J connectivity index is 0.000000200. The summed E-state index contributed by atoms with van der Waals surface area (Å²) in [6, 6.07) is 20.7. The van der Waals surface area contributed by atoms with Gasteiger partial charge in [-0.15, -0.1) is 0 Å². The third-order valence-corrected chi connectivity index (χ3v) is 4.62. The molecule has 0 aliphatic heterocycles. The van der Waals surface area contributed by atoms with Crippen LogP contribution in [0.1, 0.15) is 20.7 Å². The van der Waals surface area contributed by atoms with Crippen molar-refractivity contribution in [1.82, 2.24) is 0 Å². The molecule has 7 heteroatoms. The number of benzene rings is 4. The van der Waals surface area contributed by atoms with Crippen LogP contribution in [0.2, 0.25) is 10.0 Å². The quantitative estimate of drug-likeness (QED) is 0.328. The van der Waals surface area contributed by atoms with Gasteiger partial charge in [-0.1, -0.05) is 59.6 Å². The number of fused-ring (bicyclic) bond motifs is 2. The second-order valence-electron chi connectivity index (χ2n) is 5.95. The van der Waals surface area contributed by atoms with Crippen LogP contribution in [0.25, 0.3) is 21.5 Å². The topological polar surface area (TPSA) is 74.6 Å². The van der Waals surface area contributed by atoms with Gasteiger partial charge >= 0.3 is 11.9 Å². The smallest absolute Gasteiger partial charge is 0.336 e. The van der Waals surface area contributed by atoms with E-state index in [9.17, 15) is 9.59 Å². The van der Waals surface area contributed by atoms with Gasteiger partial charge in [0.15, 0.2) is 0 Å². The molecule has 0 amide bonds. The van der Waals surface area contributed by atoms with Gasteiger partial charge in [0.2, 0.25) is 0 Å². The summed E-state index contributed by atoms with van der Waals surface area (Å²) in [5, 5.41) is 22.1. The minimum absolute atomic E-state index is 0. The predicted molar refractivity (Wildman–Crippen MR) is 112 cm³/mol. The predicted octanol–water partition coefficient (Wildman–Crippen LogP) is 6.38. The van der Waals surface area contributed by atoms with Crippen LogP contribution in [0.5, 0.6) is 0 Å². The van der Waals surface area contributed by atoms with E-state index in [0.29, 0.717) is 20.8 Å². The summed E-state index contributed by atoms with van der Waals surface area (Å²) < 4.78 is 0. The molecule has 29 heavy (non-hydrogen) atoms. The Morgan fingerprint density at radius 2 is 1.00 bits per heavy atom. The number of hydrogen-bond acceptors (Lipinski definition) is 2. The maximum atomic E-state index is 10.9. The number of hydrogen-bond donors (Lipinski definition) is 2. The van der Waals surface area contributed by atoms with Crippen molar-refractivity contribution in [2.24, 2.45) is 0 Å². The molecule has 0 heterocycles. The molecule has 2 N–H and O–H groups in total. The fourth-order valence-corrected chi connectivity index (χ4v) is 3.21. The fraction of sp³-hybridized carbons (Fsp3) is 0. The second-order valence-corrected chi connectivity index (χ2v) is 6.83. The van der Waals surface area contributed by atoms with Crippen molar-refractivity contribution in [1.29, 1.82) is 0 Å². The zero-order valence-corrected chi connectivity index (χ0v) is 19.6. The number of carboxylic acids is 2. The number of carboxylic acid groups (broad SMARTS) is 2. The first kappa shape index (κ1) is 22.8. The van der Waals surface area contributed by atoms with E-state index < -0.39 is 11.9 Å². The Morgan fingerprint density at radius 3 is 1.34 bits per heavy atom. The molecule has 0 atom stereocenters. The Kier molecular flexibility index (Phi) is 7.75. The zero-order valence-electron chi connectivity index (χ0n) is 15.1. The average Bonchev–Trinajstić information content (AvgIpc) is 2.67. The van der Waals surface area contributed by atoms with Crippen LogP contribution < -0.4 is 0 Å². The van der Waals surface area contributed by atoms with Crippen LogP contribution in [0.3, 0.4) is 0 Å². The molecule has 0 unspecified atom stereocenters. The number of aromatic carboxylic acids is 2. The minimum Gasteiger partial charge on any atom is -0.478 e.